The van der Waals surface area contributed by atoms with Crippen molar-refractivity contribution in [2.24, 2.45) is 5.73 Å². The number of aromatic nitrogens is 2. The van der Waals surface area contributed by atoms with Crippen molar-refractivity contribution in [3.05, 3.63) is 33.1 Å². The fourth-order valence-corrected chi connectivity index (χ4v) is 5.39. The normalized spacial score (nSPS) is 29.8. The second-order valence-corrected chi connectivity index (χ2v) is 10.5. The van der Waals surface area contributed by atoms with Crippen molar-refractivity contribution in [1.29, 1.82) is 0 Å². The van der Waals surface area contributed by atoms with Crippen LogP contribution in [0.2, 0.25) is 0 Å². The average molecular weight is 611 g/mol. The van der Waals surface area contributed by atoms with E-state index in [0.29, 0.717) is 0 Å². The Morgan fingerprint density at radius 2 is 1.73 bits per heavy atom. The van der Waals surface area contributed by atoms with E-state index in [0.717, 1.165) is 16.8 Å². The molecule has 172 valence electrons. The van der Waals surface area contributed by atoms with Crippen LogP contribution < -0.4 is 186 Å². The number of aliphatic hydroxyl groups is 1. The van der Waals surface area contributed by atoms with Gasteiger partial charge in [0.1, 0.15) is 12.2 Å². The van der Waals surface area contributed by atoms with E-state index in [2.05, 4.69) is 13.1 Å². The Morgan fingerprint density at radius 1 is 1.18 bits per heavy atom. The summed E-state index contributed by atoms with van der Waals surface area (Å²) < 4.78 is 50.0. The first-order chi connectivity index (χ1) is 13.4. The van der Waals surface area contributed by atoms with Crippen LogP contribution in [0.25, 0.3) is 0 Å². The van der Waals surface area contributed by atoms with Crippen LogP contribution in [0.5, 0.6) is 0 Å². The Labute approximate surface area is 313 Å². The molecule has 1 fully saturated rings. The number of nitrogens with two attached hydrogens (primary N) is 1. The molecule has 0 aromatic carbocycles. The summed E-state index contributed by atoms with van der Waals surface area (Å²) in [5.41, 5.74) is 2.54. The van der Waals surface area contributed by atoms with Gasteiger partial charge in [0.05, 0.1) is 12.1 Å². The summed E-state index contributed by atoms with van der Waals surface area (Å²) in [5.74, 6) is 0. The number of phosphoric acid groups is 3. The molecular weight excluding hydrogens is 596 g/mol. The minimum atomic E-state index is -6.09. The summed E-state index contributed by atoms with van der Waals surface area (Å²) in [5, 5.41) is 10.3. The van der Waals surface area contributed by atoms with Crippen molar-refractivity contribution in [2.45, 2.75) is 30.9 Å². The number of hydrogen-bond acceptors (Lipinski definition) is 14. The van der Waals surface area contributed by atoms with Crippen molar-refractivity contribution >= 4 is 23.5 Å². The molecule has 0 bridgehead atoms. The van der Waals surface area contributed by atoms with Crippen molar-refractivity contribution in [2.75, 3.05) is 6.61 Å². The van der Waals surface area contributed by atoms with Crippen LogP contribution in [0.3, 0.4) is 0 Å². The maximum atomic E-state index is 11.9. The van der Waals surface area contributed by atoms with E-state index >= 15 is 0 Å². The number of aromatic amines is 1. The van der Waals surface area contributed by atoms with Gasteiger partial charge in [0.2, 0.25) is 0 Å². The first-order valence-electron chi connectivity index (χ1n) is 7.60. The molecule has 33 heavy (non-hydrogen) atoms. The molecule has 23 heteroatoms. The van der Waals surface area contributed by atoms with E-state index in [1.165, 1.54) is 6.92 Å². The van der Waals surface area contributed by atoms with Gasteiger partial charge in [0, 0.05) is 12.3 Å². The van der Waals surface area contributed by atoms with E-state index in [4.69, 9.17) is 15.4 Å². The minimum absolute atomic E-state index is 0. The Bertz CT molecular complexity index is 1060. The first kappa shape index (κ1) is 39.0. The Kier molecular flexibility index (Phi) is 17.8. The summed E-state index contributed by atoms with van der Waals surface area (Å²) >= 11 is 0. The number of H-pyrrole nitrogens is 1. The molecule has 0 radical (unpaired) electrons. The van der Waals surface area contributed by atoms with E-state index in [9.17, 15) is 43.1 Å². The van der Waals surface area contributed by atoms with E-state index in [1.807, 2.05) is 4.98 Å². The zero-order valence-electron chi connectivity index (χ0n) is 17.8. The van der Waals surface area contributed by atoms with Gasteiger partial charge in [-0.2, -0.15) is 0 Å². The molecule has 1 saturated heterocycles. The molecule has 0 spiro atoms. The van der Waals surface area contributed by atoms with Crippen molar-refractivity contribution in [3.63, 3.8) is 0 Å². The molecule has 1 aromatic heterocycles. The quantitative estimate of drug-likeness (QED) is 0.157. The van der Waals surface area contributed by atoms with E-state index < -0.39 is 65.3 Å². The Morgan fingerprint density at radius 3 is 2.21 bits per heavy atom. The number of hydrogen-bond donors (Lipinski definition) is 4. The third-order valence-corrected chi connectivity index (χ3v) is 7.42. The molecule has 0 aliphatic carbocycles. The molecule has 1 aromatic rings. The molecule has 7 atom stereocenters. The van der Waals surface area contributed by atoms with Crippen molar-refractivity contribution in [1.82, 2.24) is 9.55 Å². The fraction of sp³-hybridized carbons (Fsp3) is 0.600. The van der Waals surface area contributed by atoms with Gasteiger partial charge < -0.3 is 39.7 Å². The van der Waals surface area contributed by atoms with Gasteiger partial charge in [-0.1, -0.05) is 0 Å². The summed E-state index contributed by atoms with van der Waals surface area (Å²) in [6.45, 7) is 0.150. The van der Waals surface area contributed by atoms with Crippen LogP contribution in [0.1, 0.15) is 13.2 Å². The number of nitrogens with zero attached hydrogens (tertiary/aromatic N) is 1. The van der Waals surface area contributed by atoms with Gasteiger partial charge in [-0.05, 0) is 6.92 Å². The summed E-state index contributed by atoms with van der Waals surface area (Å²) in [6, 6.07) is 0.957. The molecule has 2 rings (SSSR count). The molecule has 3 unspecified atom stereocenters. The zero-order chi connectivity index (χ0) is 23.1. The number of aliphatic hydroxyl groups excluding tert-OH is 1. The Balaban J connectivity index is 0. The molecule has 0 saturated carbocycles. The molecule has 5 N–H and O–H groups in total. The van der Waals surface area contributed by atoms with Gasteiger partial charge in [-0.25, -0.2) is 13.4 Å². The second kappa shape index (κ2) is 15.0. The van der Waals surface area contributed by atoms with Crippen LogP contribution in [-0.2, 0) is 31.6 Å². The number of rotatable bonds is 8. The van der Waals surface area contributed by atoms with Crippen LogP contribution in [0.15, 0.2) is 21.9 Å². The summed E-state index contributed by atoms with van der Waals surface area (Å²) in [7, 11) is -17.8. The molecule has 0 amide bonds. The third-order valence-electron chi connectivity index (χ3n) is 3.73. The monoisotopic (exact) mass is 611 g/mol. The summed E-state index contributed by atoms with van der Waals surface area (Å²) in [6.07, 6.45) is -3.62. The SMILES string of the molecule is C[C@@]1(N)[C@H](O)[C@@H](COP(=O)([O-])OP(=O)([O-])OP(=O)([O-])O)O[C@H]1n1ccc(=O)[nH]c1=O.[K+].[K+].[K+]. The van der Waals surface area contributed by atoms with E-state index in [1.54, 1.807) is 0 Å². The number of nitrogens with one attached hydrogen (secondary N) is 1. The van der Waals surface area contributed by atoms with E-state index in [-0.39, 0.29) is 154 Å². The predicted molar refractivity (Wildman–Crippen MR) is 87.0 cm³/mol. The van der Waals surface area contributed by atoms with Gasteiger partial charge in [-0.3, -0.25) is 28.0 Å². The number of phosphoric ester groups is 1. The number of ether oxygens (including phenoxy) is 1. The topological polar surface area (TPSA) is 279 Å². The van der Waals surface area contributed by atoms with Gasteiger partial charge in [0.25, 0.3) is 29.0 Å². The fourth-order valence-electron chi connectivity index (χ4n) is 2.49. The molecule has 2 heterocycles. The molecule has 1 aliphatic heterocycles. The second-order valence-electron chi connectivity index (χ2n) is 6.18. The Hall–Kier alpha value is 3.88. The van der Waals surface area contributed by atoms with Crippen molar-refractivity contribution in [3.8, 4) is 0 Å². The predicted octanol–water partition coefficient (Wildman–Crippen LogP) is -13.0. The van der Waals surface area contributed by atoms with Gasteiger partial charge >= 0.3 is 160 Å². The van der Waals surface area contributed by atoms with Crippen LogP contribution >= 0.6 is 23.5 Å². The largest absolute Gasteiger partial charge is 1.00 e. The van der Waals surface area contributed by atoms with Crippen LogP contribution in [0, 0.1) is 0 Å². The van der Waals surface area contributed by atoms with Crippen LogP contribution in [-0.4, -0.2) is 43.9 Å². The maximum Gasteiger partial charge on any atom is 1.00 e. The minimum Gasteiger partial charge on any atom is -0.756 e. The standard InChI is InChI=1S/C10H18N3O14P3.3K/c1-10(11)7(15)5(25-8(10)13-3-2-6(14)12-9(13)16)4-24-29(20,21)27-30(22,23)26-28(17,18)19;;;/h2-3,5,7-8,15H,4,11H2,1H3,(H,20,21)(H,22,23)(H,12,14,16)(H2,17,18,19);;;/q;3*+1/p-3/t5-,7-,8-,10-;;;/m1.../s1. The maximum absolute atomic E-state index is 11.9. The molecule has 17 nitrogen and oxygen atoms in total. The molecule has 1 aliphatic rings. The van der Waals surface area contributed by atoms with Crippen LogP contribution in [0.4, 0.5) is 0 Å². The van der Waals surface area contributed by atoms with Gasteiger partial charge in [0.15, 0.2) is 6.23 Å². The molecular formula is C10H15K3N3O14P3. The average Bonchev–Trinajstić information content (AvgIpc) is 2.73. The third kappa shape index (κ3) is 11.9. The smallest absolute Gasteiger partial charge is 0.756 e. The van der Waals surface area contributed by atoms with Gasteiger partial charge in [-0.15, -0.1) is 0 Å². The zero-order valence-corrected chi connectivity index (χ0v) is 29.8. The first-order valence-corrected chi connectivity index (χ1v) is 12.0. The van der Waals surface area contributed by atoms with Crippen molar-refractivity contribution < 1.29 is 210 Å². The summed E-state index contributed by atoms with van der Waals surface area (Å²) in [4.78, 5) is 66.4.